The Balaban J connectivity index is 2.30. The normalized spacial score (nSPS) is 22.5. The molecular formula is C9H18N4O2. The van der Waals surface area contributed by atoms with E-state index in [1.165, 1.54) is 0 Å². The van der Waals surface area contributed by atoms with Crippen molar-refractivity contribution in [3.05, 3.63) is 0 Å². The quantitative estimate of drug-likeness (QED) is 0.351. The minimum absolute atomic E-state index is 0.0418. The maximum absolute atomic E-state index is 11.3. The number of nitrogens with one attached hydrogen (secondary N) is 2. The predicted molar refractivity (Wildman–Crippen MR) is 56.3 cm³/mol. The summed E-state index contributed by atoms with van der Waals surface area (Å²) in [4.78, 5) is 13.0. The summed E-state index contributed by atoms with van der Waals surface area (Å²) in [6.45, 7) is 2.87. The van der Waals surface area contributed by atoms with Gasteiger partial charge in [0.1, 0.15) is 0 Å². The van der Waals surface area contributed by atoms with E-state index in [0.29, 0.717) is 13.1 Å². The molecule has 1 amide bonds. The molecule has 86 valence electrons. The third-order valence-electron chi connectivity index (χ3n) is 2.37. The van der Waals surface area contributed by atoms with Crippen molar-refractivity contribution < 1.29 is 9.90 Å². The average molecular weight is 214 g/mol. The number of aliphatic hydroxyl groups is 1. The van der Waals surface area contributed by atoms with Gasteiger partial charge in [-0.05, 0) is 13.3 Å². The number of aliphatic hydroxyl groups excluding tert-OH is 1. The molecular weight excluding hydrogens is 196 g/mol. The molecule has 15 heavy (non-hydrogen) atoms. The van der Waals surface area contributed by atoms with Crippen molar-refractivity contribution in [2.75, 3.05) is 13.1 Å². The molecule has 0 spiro atoms. The van der Waals surface area contributed by atoms with E-state index >= 15 is 0 Å². The Hall–Kier alpha value is -1.30. The van der Waals surface area contributed by atoms with Crippen LogP contribution in [0.15, 0.2) is 0 Å². The molecule has 1 saturated heterocycles. The van der Waals surface area contributed by atoms with E-state index in [2.05, 4.69) is 5.32 Å². The van der Waals surface area contributed by atoms with Crippen molar-refractivity contribution in [1.82, 2.24) is 10.2 Å². The molecule has 6 nitrogen and oxygen atoms in total. The van der Waals surface area contributed by atoms with Crippen molar-refractivity contribution in [1.29, 1.82) is 5.41 Å². The fourth-order valence-corrected chi connectivity index (χ4v) is 1.65. The number of nitrogens with two attached hydrogens (primary N) is 1. The highest BCUT2D eigenvalue weighted by Gasteiger charge is 2.24. The van der Waals surface area contributed by atoms with E-state index in [1.807, 2.05) is 0 Å². The molecule has 0 saturated carbocycles. The Morgan fingerprint density at radius 2 is 2.47 bits per heavy atom. The lowest BCUT2D eigenvalue weighted by Crippen LogP contribution is -2.40. The minimum Gasteiger partial charge on any atom is -0.393 e. The Kier molecular flexibility index (Phi) is 3.90. The van der Waals surface area contributed by atoms with Crippen molar-refractivity contribution >= 4 is 11.9 Å². The number of likely N-dealkylation sites (tertiary alicyclic amines) is 1. The third-order valence-corrected chi connectivity index (χ3v) is 2.37. The maximum atomic E-state index is 11.3. The lowest BCUT2D eigenvalue weighted by Gasteiger charge is -2.16. The molecule has 1 rings (SSSR count). The molecule has 0 aromatic rings. The second-order valence-corrected chi connectivity index (χ2v) is 3.94. The van der Waals surface area contributed by atoms with Crippen LogP contribution in [-0.4, -0.2) is 47.1 Å². The smallest absolute Gasteiger partial charge is 0.222 e. The number of carbonyl (C=O) groups is 1. The first-order valence-corrected chi connectivity index (χ1v) is 5.05. The third kappa shape index (κ3) is 3.75. The number of guanidine groups is 1. The van der Waals surface area contributed by atoms with Crippen LogP contribution >= 0.6 is 0 Å². The Bertz CT molecular complexity index is 254. The van der Waals surface area contributed by atoms with Gasteiger partial charge in [-0.1, -0.05) is 0 Å². The van der Waals surface area contributed by atoms with Gasteiger partial charge in [0.05, 0.1) is 12.5 Å². The summed E-state index contributed by atoms with van der Waals surface area (Å²) in [7, 11) is 0. The minimum atomic E-state index is -0.615. The van der Waals surface area contributed by atoms with Gasteiger partial charge >= 0.3 is 0 Å². The topological polar surface area (TPSA) is 102 Å². The molecule has 0 aromatic heterocycles. The highest BCUT2D eigenvalue weighted by molar-refractivity contribution is 5.77. The first kappa shape index (κ1) is 11.8. The predicted octanol–water partition coefficient (Wildman–Crippen LogP) is -1.16. The van der Waals surface area contributed by atoms with Gasteiger partial charge in [-0.3, -0.25) is 10.2 Å². The Morgan fingerprint density at radius 1 is 1.80 bits per heavy atom. The second kappa shape index (κ2) is 4.97. The lowest BCUT2D eigenvalue weighted by molar-refractivity contribution is -0.123. The largest absolute Gasteiger partial charge is 0.393 e. The van der Waals surface area contributed by atoms with E-state index in [0.717, 1.165) is 6.42 Å². The number of rotatable bonds is 3. The fourth-order valence-electron chi connectivity index (χ4n) is 1.65. The van der Waals surface area contributed by atoms with Crippen LogP contribution in [0.1, 0.15) is 19.8 Å². The van der Waals surface area contributed by atoms with E-state index in [9.17, 15) is 4.79 Å². The molecule has 2 unspecified atom stereocenters. The Labute approximate surface area is 88.9 Å². The van der Waals surface area contributed by atoms with Gasteiger partial charge in [-0.2, -0.15) is 0 Å². The maximum Gasteiger partial charge on any atom is 0.222 e. The zero-order valence-electron chi connectivity index (χ0n) is 8.86. The molecule has 6 heteroatoms. The van der Waals surface area contributed by atoms with Gasteiger partial charge in [0.15, 0.2) is 5.96 Å². The number of hydrogen-bond acceptors (Lipinski definition) is 3. The second-order valence-electron chi connectivity index (χ2n) is 3.94. The van der Waals surface area contributed by atoms with Gasteiger partial charge in [-0.25, -0.2) is 0 Å². The standard InChI is InChI=1S/C9H18N4O2/c1-6(14)4-8(15)12-7-2-3-13(5-7)9(10)11/h6-7,14H,2-5H2,1H3,(H3,10,11)(H,12,15). The summed E-state index contributed by atoms with van der Waals surface area (Å²) in [5.41, 5.74) is 5.33. The van der Waals surface area contributed by atoms with E-state index < -0.39 is 6.10 Å². The molecule has 1 fully saturated rings. The molecule has 1 aliphatic rings. The van der Waals surface area contributed by atoms with Gasteiger partial charge in [0.2, 0.25) is 5.91 Å². The fraction of sp³-hybridized carbons (Fsp3) is 0.778. The van der Waals surface area contributed by atoms with Crippen LogP contribution in [0.3, 0.4) is 0 Å². The van der Waals surface area contributed by atoms with Crippen LogP contribution in [-0.2, 0) is 4.79 Å². The van der Waals surface area contributed by atoms with E-state index in [-0.39, 0.29) is 24.3 Å². The number of carbonyl (C=O) groups excluding carboxylic acids is 1. The van der Waals surface area contributed by atoms with Crippen molar-refractivity contribution in [3.63, 3.8) is 0 Å². The molecule has 5 N–H and O–H groups in total. The highest BCUT2D eigenvalue weighted by Crippen LogP contribution is 2.08. The van der Waals surface area contributed by atoms with Crippen molar-refractivity contribution in [3.8, 4) is 0 Å². The number of amides is 1. The summed E-state index contributed by atoms with van der Waals surface area (Å²) >= 11 is 0. The van der Waals surface area contributed by atoms with Crippen LogP contribution in [0.25, 0.3) is 0 Å². The molecule has 1 aliphatic heterocycles. The molecule has 0 aliphatic carbocycles. The van der Waals surface area contributed by atoms with Crippen LogP contribution in [0, 0.1) is 5.41 Å². The van der Waals surface area contributed by atoms with Crippen molar-refractivity contribution in [2.45, 2.75) is 31.9 Å². The zero-order chi connectivity index (χ0) is 11.4. The molecule has 0 bridgehead atoms. The molecule has 0 radical (unpaired) electrons. The van der Waals surface area contributed by atoms with E-state index in [1.54, 1.807) is 11.8 Å². The number of hydrogen-bond donors (Lipinski definition) is 4. The summed E-state index contributed by atoms with van der Waals surface area (Å²) in [6, 6.07) is 0.0418. The molecule has 2 atom stereocenters. The SMILES string of the molecule is CC(O)CC(=O)NC1CCN(C(=N)N)C1. The monoisotopic (exact) mass is 214 g/mol. The highest BCUT2D eigenvalue weighted by atomic mass is 16.3. The summed E-state index contributed by atoms with van der Waals surface area (Å²) < 4.78 is 0. The van der Waals surface area contributed by atoms with Crippen LogP contribution in [0.2, 0.25) is 0 Å². The van der Waals surface area contributed by atoms with Crippen LogP contribution in [0.4, 0.5) is 0 Å². The van der Waals surface area contributed by atoms with Crippen LogP contribution in [0.5, 0.6) is 0 Å². The average Bonchev–Trinajstić information content (AvgIpc) is 2.50. The lowest BCUT2D eigenvalue weighted by atomic mass is 10.2. The summed E-state index contributed by atoms with van der Waals surface area (Å²) in [5, 5.41) is 19.0. The van der Waals surface area contributed by atoms with Gasteiger partial charge in [-0.15, -0.1) is 0 Å². The first-order valence-electron chi connectivity index (χ1n) is 5.05. The van der Waals surface area contributed by atoms with Gasteiger partial charge in [0.25, 0.3) is 0 Å². The van der Waals surface area contributed by atoms with Crippen LogP contribution < -0.4 is 11.1 Å². The van der Waals surface area contributed by atoms with Gasteiger partial charge < -0.3 is 21.1 Å². The first-order chi connectivity index (χ1) is 6.99. The summed E-state index contributed by atoms with van der Waals surface area (Å²) in [5.74, 6) is -0.109. The number of nitrogens with zero attached hydrogens (tertiary/aromatic N) is 1. The van der Waals surface area contributed by atoms with Crippen molar-refractivity contribution in [2.24, 2.45) is 5.73 Å². The Morgan fingerprint density at radius 3 is 2.93 bits per heavy atom. The van der Waals surface area contributed by atoms with E-state index in [4.69, 9.17) is 16.2 Å². The van der Waals surface area contributed by atoms with Gasteiger partial charge in [0, 0.05) is 19.1 Å². The zero-order valence-corrected chi connectivity index (χ0v) is 8.86. The summed E-state index contributed by atoms with van der Waals surface area (Å²) in [6.07, 6.45) is 0.303. The molecule has 0 aromatic carbocycles. The molecule has 1 heterocycles.